The molecular weight excluding hydrogens is 388 g/mol. The SMILES string of the molecule is C=C(C)n1c(=O)n(Cc2nc3cc(F)c(F)cc3n2CCCC#N)c2ccccc21. The number of imidazole rings is 2. The lowest BCUT2D eigenvalue weighted by molar-refractivity contribution is 0.510. The first-order chi connectivity index (χ1) is 14.4. The zero-order valence-electron chi connectivity index (χ0n) is 16.4. The maximum Gasteiger partial charge on any atom is 0.333 e. The monoisotopic (exact) mass is 407 g/mol. The maximum absolute atomic E-state index is 13.9. The molecule has 4 aromatic rings. The molecule has 2 aromatic carbocycles. The molecule has 0 fully saturated rings. The van der Waals surface area contributed by atoms with Gasteiger partial charge in [-0.05, 0) is 25.5 Å². The standard InChI is InChI=1S/C22H19F2N5O/c1-14(2)29-19-8-4-3-7-18(19)28(22(29)30)13-21-26-17-11-15(23)16(24)12-20(17)27(21)10-6-5-9-25/h3-4,7-8,11-12H,1,5-6,10,13H2,2H3. The van der Waals surface area contributed by atoms with Crippen molar-refractivity contribution >= 4 is 27.8 Å². The minimum absolute atomic E-state index is 0.115. The molecule has 0 unspecified atom stereocenters. The van der Waals surface area contributed by atoms with Crippen LogP contribution in [0.2, 0.25) is 0 Å². The molecule has 0 aliphatic carbocycles. The van der Waals surface area contributed by atoms with Crippen molar-refractivity contribution in [2.45, 2.75) is 32.9 Å². The second kappa shape index (κ2) is 7.59. The molecule has 152 valence electrons. The van der Waals surface area contributed by atoms with Crippen LogP contribution in [-0.4, -0.2) is 18.7 Å². The van der Waals surface area contributed by atoms with Crippen LogP contribution >= 0.6 is 0 Å². The smallest absolute Gasteiger partial charge is 0.326 e. The first kappa shape index (κ1) is 19.6. The van der Waals surface area contributed by atoms with Crippen LogP contribution in [0.15, 0.2) is 47.8 Å². The van der Waals surface area contributed by atoms with Gasteiger partial charge in [-0.2, -0.15) is 5.26 Å². The Kier molecular flexibility index (Phi) is 4.96. The summed E-state index contributed by atoms with van der Waals surface area (Å²) < 4.78 is 32.5. The molecule has 8 heteroatoms. The van der Waals surface area contributed by atoms with Crippen molar-refractivity contribution in [1.82, 2.24) is 18.7 Å². The van der Waals surface area contributed by atoms with Gasteiger partial charge in [0, 0.05) is 30.8 Å². The van der Waals surface area contributed by atoms with E-state index in [4.69, 9.17) is 5.26 Å². The second-order valence-electron chi connectivity index (χ2n) is 7.12. The van der Waals surface area contributed by atoms with E-state index in [0.717, 1.165) is 17.6 Å². The molecule has 2 aromatic heterocycles. The average Bonchev–Trinajstić information content (AvgIpc) is 3.18. The number of fused-ring (bicyclic) bond motifs is 2. The average molecular weight is 407 g/mol. The maximum atomic E-state index is 13.9. The van der Waals surface area contributed by atoms with Crippen LogP contribution in [0, 0.1) is 23.0 Å². The van der Waals surface area contributed by atoms with E-state index < -0.39 is 11.6 Å². The van der Waals surface area contributed by atoms with Gasteiger partial charge >= 0.3 is 5.69 Å². The number of hydrogen-bond donors (Lipinski definition) is 0. The van der Waals surface area contributed by atoms with Gasteiger partial charge in [-0.1, -0.05) is 18.7 Å². The highest BCUT2D eigenvalue weighted by Crippen LogP contribution is 2.23. The van der Waals surface area contributed by atoms with Crippen molar-refractivity contribution in [3.63, 3.8) is 0 Å². The molecule has 2 heterocycles. The number of rotatable bonds is 6. The predicted octanol–water partition coefficient (Wildman–Crippen LogP) is 4.27. The number of aromatic nitrogens is 4. The quantitative estimate of drug-likeness (QED) is 0.448. The van der Waals surface area contributed by atoms with E-state index >= 15 is 0 Å². The Morgan fingerprint density at radius 2 is 1.83 bits per heavy atom. The molecule has 0 aliphatic heterocycles. The van der Waals surface area contributed by atoms with Crippen molar-refractivity contribution in [3.8, 4) is 6.07 Å². The summed E-state index contributed by atoms with van der Waals surface area (Å²) in [5.41, 5.74) is 2.48. The number of unbranched alkanes of at least 4 members (excludes halogenated alkanes) is 1. The Balaban J connectivity index is 1.90. The summed E-state index contributed by atoms with van der Waals surface area (Å²) in [5.74, 6) is -1.46. The number of para-hydroxylation sites is 2. The van der Waals surface area contributed by atoms with Gasteiger partial charge in [-0.15, -0.1) is 0 Å². The summed E-state index contributed by atoms with van der Waals surface area (Å²) in [6.45, 7) is 6.16. The van der Waals surface area contributed by atoms with Crippen LogP contribution in [-0.2, 0) is 13.1 Å². The molecule has 6 nitrogen and oxygen atoms in total. The third-order valence-electron chi connectivity index (χ3n) is 5.06. The predicted molar refractivity (Wildman–Crippen MR) is 111 cm³/mol. The summed E-state index contributed by atoms with van der Waals surface area (Å²) >= 11 is 0. The molecule has 0 spiro atoms. The van der Waals surface area contributed by atoms with E-state index in [0.29, 0.717) is 47.5 Å². The Morgan fingerprint density at radius 1 is 1.13 bits per heavy atom. The molecule has 0 saturated carbocycles. The van der Waals surface area contributed by atoms with E-state index in [1.54, 1.807) is 16.1 Å². The van der Waals surface area contributed by atoms with Crippen molar-refractivity contribution in [3.05, 3.63) is 70.9 Å². The van der Waals surface area contributed by atoms with E-state index in [1.807, 2.05) is 24.3 Å². The Hall–Kier alpha value is -3.73. The van der Waals surface area contributed by atoms with Gasteiger partial charge < -0.3 is 4.57 Å². The number of nitrogens with zero attached hydrogens (tertiary/aromatic N) is 5. The highest BCUT2D eigenvalue weighted by molar-refractivity contribution is 5.80. The fourth-order valence-corrected chi connectivity index (χ4v) is 3.73. The first-order valence-corrected chi connectivity index (χ1v) is 9.49. The van der Waals surface area contributed by atoms with Gasteiger partial charge in [0.05, 0.1) is 34.7 Å². The number of allylic oxidation sites excluding steroid dienone is 1. The lowest BCUT2D eigenvalue weighted by atomic mass is 10.2. The van der Waals surface area contributed by atoms with Gasteiger partial charge in [-0.25, -0.2) is 18.6 Å². The Morgan fingerprint density at radius 3 is 2.53 bits per heavy atom. The molecule has 0 radical (unpaired) electrons. The van der Waals surface area contributed by atoms with Crippen LogP contribution < -0.4 is 5.69 Å². The topological polar surface area (TPSA) is 68.5 Å². The van der Waals surface area contributed by atoms with Crippen LogP contribution in [0.5, 0.6) is 0 Å². The molecular formula is C22H19F2N5O. The lowest BCUT2D eigenvalue weighted by Gasteiger charge is -2.09. The number of benzene rings is 2. The Labute approximate surface area is 170 Å². The summed E-state index contributed by atoms with van der Waals surface area (Å²) in [6, 6.07) is 11.6. The van der Waals surface area contributed by atoms with E-state index in [2.05, 4.69) is 17.6 Å². The molecule has 0 bridgehead atoms. The summed E-state index contributed by atoms with van der Waals surface area (Å²) in [5, 5.41) is 8.86. The number of nitriles is 1. The summed E-state index contributed by atoms with van der Waals surface area (Å²) in [4.78, 5) is 17.6. The van der Waals surface area contributed by atoms with Crippen molar-refractivity contribution in [1.29, 1.82) is 5.26 Å². The van der Waals surface area contributed by atoms with Crippen LogP contribution in [0.3, 0.4) is 0 Å². The molecule has 0 N–H and O–H groups in total. The van der Waals surface area contributed by atoms with Gasteiger partial charge in [0.25, 0.3) is 0 Å². The molecule has 0 aliphatic rings. The van der Waals surface area contributed by atoms with E-state index in [-0.39, 0.29) is 12.2 Å². The third kappa shape index (κ3) is 3.18. The zero-order valence-corrected chi connectivity index (χ0v) is 16.4. The minimum atomic E-state index is -0.980. The fourth-order valence-electron chi connectivity index (χ4n) is 3.73. The summed E-state index contributed by atoms with van der Waals surface area (Å²) in [7, 11) is 0. The zero-order chi connectivity index (χ0) is 21.4. The lowest BCUT2D eigenvalue weighted by Crippen LogP contribution is -2.25. The fraction of sp³-hybridized carbons (Fsp3) is 0.227. The molecule has 0 saturated heterocycles. The highest BCUT2D eigenvalue weighted by atomic mass is 19.2. The van der Waals surface area contributed by atoms with Crippen molar-refractivity contribution in [2.24, 2.45) is 0 Å². The van der Waals surface area contributed by atoms with Gasteiger partial charge in [-0.3, -0.25) is 9.13 Å². The van der Waals surface area contributed by atoms with E-state index in [9.17, 15) is 13.6 Å². The van der Waals surface area contributed by atoms with Gasteiger partial charge in [0.15, 0.2) is 11.6 Å². The van der Waals surface area contributed by atoms with E-state index in [1.165, 1.54) is 4.57 Å². The van der Waals surface area contributed by atoms with Gasteiger partial charge in [0.1, 0.15) is 5.82 Å². The molecule has 0 amide bonds. The molecule has 30 heavy (non-hydrogen) atoms. The van der Waals surface area contributed by atoms with Crippen LogP contribution in [0.4, 0.5) is 8.78 Å². The second-order valence-corrected chi connectivity index (χ2v) is 7.12. The van der Waals surface area contributed by atoms with Crippen LogP contribution in [0.25, 0.3) is 27.8 Å². The molecule has 0 atom stereocenters. The summed E-state index contributed by atoms with van der Waals surface area (Å²) in [6.07, 6.45) is 0.841. The first-order valence-electron chi connectivity index (χ1n) is 9.49. The minimum Gasteiger partial charge on any atom is -0.326 e. The van der Waals surface area contributed by atoms with Crippen molar-refractivity contribution < 1.29 is 8.78 Å². The third-order valence-corrected chi connectivity index (χ3v) is 5.06. The largest absolute Gasteiger partial charge is 0.333 e. The molecule has 4 rings (SSSR count). The van der Waals surface area contributed by atoms with Crippen LogP contribution in [0.1, 0.15) is 25.6 Å². The van der Waals surface area contributed by atoms with Crippen molar-refractivity contribution in [2.75, 3.05) is 0 Å². The normalized spacial score (nSPS) is 11.3. The Bertz CT molecular complexity index is 1390. The van der Waals surface area contributed by atoms with Gasteiger partial charge in [0.2, 0.25) is 0 Å². The highest BCUT2D eigenvalue weighted by Gasteiger charge is 2.19. The number of halogens is 2. The number of aryl methyl sites for hydroxylation is 1. The number of hydrogen-bond acceptors (Lipinski definition) is 3.